The van der Waals surface area contributed by atoms with E-state index in [9.17, 15) is 14.3 Å². The minimum Gasteiger partial charge on any atom is -0.478 e. The quantitative estimate of drug-likeness (QED) is 0.240. The molecule has 1 N–H and O–H groups in total. The van der Waals surface area contributed by atoms with Gasteiger partial charge in [-0.3, -0.25) is 4.90 Å². The maximum Gasteiger partial charge on any atom is 0.335 e. The van der Waals surface area contributed by atoms with Gasteiger partial charge in [0.2, 0.25) is 0 Å². The van der Waals surface area contributed by atoms with E-state index in [1.165, 1.54) is 11.6 Å². The number of aromatic nitrogens is 4. The maximum atomic E-state index is 14.5. The molecule has 5 aromatic rings. The second-order valence-electron chi connectivity index (χ2n) is 10.9. The van der Waals surface area contributed by atoms with Gasteiger partial charge in [0.15, 0.2) is 0 Å². The Labute approximate surface area is 246 Å². The summed E-state index contributed by atoms with van der Waals surface area (Å²) < 4.78 is 24.2. The van der Waals surface area contributed by atoms with Crippen molar-refractivity contribution >= 4 is 45.2 Å². The number of benzene rings is 2. The molecule has 2 aliphatic rings. The Morgan fingerprint density at radius 2 is 1.98 bits per heavy atom. The molecule has 2 aliphatic heterocycles. The molecule has 8 nitrogen and oxygen atoms in total. The number of hydrogen-bond acceptors (Lipinski definition) is 5. The van der Waals surface area contributed by atoms with E-state index in [2.05, 4.69) is 27.7 Å². The van der Waals surface area contributed by atoms with Crippen LogP contribution in [0.25, 0.3) is 27.6 Å². The van der Waals surface area contributed by atoms with Crippen molar-refractivity contribution < 1.29 is 19.0 Å². The first-order valence-corrected chi connectivity index (χ1v) is 14.4. The number of ether oxygens (including phenoxy) is 1. The molecule has 10 heteroatoms. The zero-order valence-electron chi connectivity index (χ0n) is 22.8. The van der Waals surface area contributed by atoms with Gasteiger partial charge in [-0.1, -0.05) is 23.7 Å². The predicted octanol–water partition coefficient (Wildman–Crippen LogP) is 6.00. The monoisotopic (exact) mass is 585 g/mol. The fraction of sp³-hybridized carbons (Fsp3) is 0.281. The summed E-state index contributed by atoms with van der Waals surface area (Å²) in [6.45, 7) is 4.02. The van der Waals surface area contributed by atoms with Crippen LogP contribution < -0.4 is 0 Å². The van der Waals surface area contributed by atoms with Gasteiger partial charge in [-0.05, 0) is 66.9 Å². The SMILES string of the molecule is O=C(O)c1ccc2nc(CN3CC=C(c4ccc5ccn(Cc6ccc(Cl)cc6F)c5n4)CC3)n(C[C@@H]3CCO3)c2c1. The molecule has 0 amide bonds. The number of carboxylic acids is 1. The summed E-state index contributed by atoms with van der Waals surface area (Å²) in [7, 11) is 0. The van der Waals surface area contributed by atoms with E-state index < -0.39 is 5.97 Å². The molecule has 1 saturated heterocycles. The Bertz CT molecular complexity index is 1860. The molecule has 2 aromatic carbocycles. The molecule has 0 aliphatic carbocycles. The van der Waals surface area contributed by atoms with Crippen LogP contribution >= 0.6 is 11.6 Å². The number of carbonyl (C=O) groups is 1. The maximum absolute atomic E-state index is 14.5. The molecule has 214 valence electrons. The minimum atomic E-state index is -0.948. The summed E-state index contributed by atoms with van der Waals surface area (Å²) in [6.07, 6.45) is 6.10. The lowest BCUT2D eigenvalue weighted by molar-refractivity contribution is -0.0591. The van der Waals surface area contributed by atoms with Gasteiger partial charge >= 0.3 is 5.97 Å². The fourth-order valence-electron chi connectivity index (χ4n) is 5.75. The Balaban J connectivity index is 1.11. The number of carboxylic acid groups (broad SMARTS) is 1. The molecule has 0 bridgehead atoms. The average molecular weight is 586 g/mol. The number of hydrogen-bond donors (Lipinski definition) is 1. The first kappa shape index (κ1) is 26.8. The highest BCUT2D eigenvalue weighted by atomic mass is 35.5. The summed E-state index contributed by atoms with van der Waals surface area (Å²) in [5, 5.41) is 10.9. The second-order valence-corrected chi connectivity index (χ2v) is 11.4. The first-order chi connectivity index (χ1) is 20.4. The molecule has 3 aromatic heterocycles. The first-order valence-electron chi connectivity index (χ1n) is 14.1. The van der Waals surface area contributed by atoms with Crippen LogP contribution in [-0.2, 0) is 24.4 Å². The Morgan fingerprint density at radius 3 is 2.71 bits per heavy atom. The molecule has 42 heavy (non-hydrogen) atoms. The molecule has 0 saturated carbocycles. The lowest BCUT2D eigenvalue weighted by Crippen LogP contribution is -2.33. The third-order valence-electron chi connectivity index (χ3n) is 8.21. The van der Waals surface area contributed by atoms with Gasteiger partial charge in [0.05, 0.1) is 48.0 Å². The van der Waals surface area contributed by atoms with Crippen molar-refractivity contribution in [3.05, 3.63) is 100 Å². The lowest BCUT2D eigenvalue weighted by atomic mass is 10.0. The van der Waals surface area contributed by atoms with Crippen LogP contribution in [0.5, 0.6) is 0 Å². The molecular formula is C32H29ClFN5O3. The number of aromatic carboxylic acids is 1. The number of pyridine rings is 1. The van der Waals surface area contributed by atoms with Gasteiger partial charge < -0.3 is 19.0 Å². The van der Waals surface area contributed by atoms with Crippen LogP contribution in [0.1, 0.15) is 40.3 Å². The van der Waals surface area contributed by atoms with Crippen molar-refractivity contribution in [2.75, 3.05) is 19.7 Å². The van der Waals surface area contributed by atoms with E-state index in [0.29, 0.717) is 30.2 Å². The number of halogens is 2. The van der Waals surface area contributed by atoms with Crippen LogP contribution in [0.2, 0.25) is 5.02 Å². The Kier molecular flexibility index (Phi) is 7.01. The molecule has 0 unspecified atom stereocenters. The van der Waals surface area contributed by atoms with Crippen molar-refractivity contribution in [2.45, 2.75) is 38.6 Å². The van der Waals surface area contributed by atoms with Gasteiger partial charge in [0.25, 0.3) is 0 Å². The number of rotatable bonds is 8. The fourth-order valence-corrected chi connectivity index (χ4v) is 5.91. The summed E-state index contributed by atoms with van der Waals surface area (Å²) in [6, 6.07) is 16.0. The number of fused-ring (bicyclic) bond motifs is 2. The molecule has 0 spiro atoms. The standard InChI is InChI=1S/C32H29ClFN5O3/c33-24-4-1-23(26(34)16-24)17-38-13-9-21-2-5-27(36-31(21)38)20-7-11-37(12-8-20)19-30-35-28-6-3-22(32(40)41)15-29(28)39(30)18-25-10-14-42-25/h1-7,9,13,15-16,25H,8,10-12,14,17-19H2,(H,40,41)/t25-/m0/s1. The average Bonchev–Trinajstić information content (AvgIpc) is 3.52. The van der Waals surface area contributed by atoms with Crippen LogP contribution in [0, 0.1) is 5.82 Å². The van der Waals surface area contributed by atoms with Crippen LogP contribution in [0.3, 0.4) is 0 Å². The van der Waals surface area contributed by atoms with Gasteiger partial charge in [0.1, 0.15) is 17.3 Å². The van der Waals surface area contributed by atoms with Gasteiger partial charge in [-0.25, -0.2) is 19.2 Å². The molecule has 0 radical (unpaired) electrons. The summed E-state index contributed by atoms with van der Waals surface area (Å²) >= 11 is 5.93. The third kappa shape index (κ3) is 5.19. The van der Waals surface area contributed by atoms with Crippen LogP contribution in [0.15, 0.2) is 66.9 Å². The molecule has 1 atom stereocenters. The second kappa shape index (κ2) is 11.0. The highest BCUT2D eigenvalue weighted by Gasteiger charge is 2.24. The van der Waals surface area contributed by atoms with E-state index >= 15 is 0 Å². The van der Waals surface area contributed by atoms with Gasteiger partial charge in [-0.2, -0.15) is 0 Å². The third-order valence-corrected chi connectivity index (χ3v) is 8.44. The Hall–Kier alpha value is -4.05. The zero-order chi connectivity index (χ0) is 28.8. The predicted molar refractivity (Wildman–Crippen MR) is 159 cm³/mol. The van der Waals surface area contributed by atoms with E-state index in [0.717, 1.165) is 66.1 Å². The van der Waals surface area contributed by atoms with Crippen molar-refractivity contribution in [3.63, 3.8) is 0 Å². The number of imidazole rings is 1. The van der Waals surface area contributed by atoms with Gasteiger partial charge in [-0.15, -0.1) is 0 Å². The lowest BCUT2D eigenvalue weighted by Gasteiger charge is -2.29. The zero-order valence-corrected chi connectivity index (χ0v) is 23.6. The Morgan fingerprint density at radius 1 is 1.10 bits per heavy atom. The molecule has 1 fully saturated rings. The molecular weight excluding hydrogens is 557 g/mol. The van der Waals surface area contributed by atoms with E-state index in [1.807, 2.05) is 16.8 Å². The minimum absolute atomic E-state index is 0.124. The van der Waals surface area contributed by atoms with Crippen LogP contribution in [-0.4, -0.2) is 60.9 Å². The van der Waals surface area contributed by atoms with Gasteiger partial charge in [0, 0.05) is 41.9 Å². The topological polar surface area (TPSA) is 85.4 Å². The summed E-state index contributed by atoms with van der Waals surface area (Å²) in [5.74, 6) is -0.366. The molecule has 5 heterocycles. The molecule has 7 rings (SSSR count). The van der Waals surface area contributed by atoms with E-state index in [-0.39, 0.29) is 17.5 Å². The van der Waals surface area contributed by atoms with Crippen LogP contribution in [0.4, 0.5) is 4.39 Å². The normalized spacial score (nSPS) is 17.5. The number of nitrogens with zero attached hydrogens (tertiary/aromatic N) is 5. The summed E-state index contributed by atoms with van der Waals surface area (Å²) in [5.41, 5.74) is 5.36. The summed E-state index contributed by atoms with van der Waals surface area (Å²) in [4.78, 5) is 23.8. The van der Waals surface area contributed by atoms with E-state index in [4.69, 9.17) is 26.3 Å². The smallest absolute Gasteiger partial charge is 0.335 e. The van der Waals surface area contributed by atoms with Crippen molar-refractivity contribution in [1.29, 1.82) is 0 Å². The highest BCUT2D eigenvalue weighted by molar-refractivity contribution is 6.30. The van der Waals surface area contributed by atoms with Crippen molar-refractivity contribution in [1.82, 2.24) is 24.0 Å². The highest BCUT2D eigenvalue weighted by Crippen LogP contribution is 2.27. The van der Waals surface area contributed by atoms with Crippen molar-refractivity contribution in [3.8, 4) is 0 Å². The largest absolute Gasteiger partial charge is 0.478 e. The van der Waals surface area contributed by atoms with Crippen molar-refractivity contribution in [2.24, 2.45) is 0 Å². The van der Waals surface area contributed by atoms with E-state index in [1.54, 1.807) is 30.3 Å².